The summed E-state index contributed by atoms with van der Waals surface area (Å²) in [7, 11) is 3.00. The molecule has 0 atom stereocenters. The first-order valence-corrected chi connectivity index (χ1v) is 6.56. The number of hydrogen-bond acceptors (Lipinski definition) is 5. The molecule has 0 saturated carbocycles. The van der Waals surface area contributed by atoms with E-state index in [9.17, 15) is 14.4 Å². The average Bonchev–Trinajstić information content (AvgIpc) is 2.70. The molecule has 2 heterocycles. The molecule has 0 aliphatic carbocycles. The molecule has 2 rings (SSSR count). The van der Waals surface area contributed by atoms with Crippen molar-refractivity contribution in [3.63, 3.8) is 0 Å². The summed E-state index contributed by atoms with van der Waals surface area (Å²) in [5, 5.41) is 9.12. The quantitative estimate of drug-likeness (QED) is 0.888. The number of aromatic nitrogens is 2. The van der Waals surface area contributed by atoms with Gasteiger partial charge >= 0.3 is 5.97 Å². The summed E-state index contributed by atoms with van der Waals surface area (Å²) in [4.78, 5) is 40.9. The van der Waals surface area contributed by atoms with Crippen LogP contribution in [0.3, 0.4) is 0 Å². The number of thiophene rings is 1. The highest BCUT2D eigenvalue weighted by Gasteiger charge is 2.22. The highest BCUT2D eigenvalue weighted by atomic mass is 32.1. The van der Waals surface area contributed by atoms with Gasteiger partial charge in [0.1, 0.15) is 11.4 Å². The maximum absolute atomic E-state index is 12.2. The van der Waals surface area contributed by atoms with Crippen molar-refractivity contribution >= 4 is 33.4 Å². The van der Waals surface area contributed by atoms with Crippen LogP contribution >= 0.6 is 11.3 Å². The minimum Gasteiger partial charge on any atom is -0.480 e. The Labute approximate surface area is 118 Å². The van der Waals surface area contributed by atoms with E-state index in [4.69, 9.17) is 5.11 Å². The number of aliphatic carboxylic acids is 1. The van der Waals surface area contributed by atoms with Crippen LogP contribution in [0.25, 0.3) is 10.2 Å². The van der Waals surface area contributed by atoms with Gasteiger partial charge in [-0.25, -0.2) is 4.98 Å². The average molecular weight is 295 g/mol. The fourth-order valence-corrected chi connectivity index (χ4v) is 2.99. The van der Waals surface area contributed by atoms with E-state index in [0.717, 1.165) is 16.2 Å². The number of carbonyl (C=O) groups is 2. The highest BCUT2D eigenvalue weighted by molar-refractivity contribution is 7.20. The second-order valence-corrected chi connectivity index (χ2v) is 5.45. The third-order valence-electron chi connectivity index (χ3n) is 2.92. The van der Waals surface area contributed by atoms with E-state index in [1.807, 2.05) is 0 Å². The van der Waals surface area contributed by atoms with Gasteiger partial charge in [0, 0.05) is 14.1 Å². The van der Waals surface area contributed by atoms with Crippen molar-refractivity contribution < 1.29 is 14.7 Å². The van der Waals surface area contributed by atoms with Crippen LogP contribution in [0, 0.1) is 6.92 Å². The van der Waals surface area contributed by atoms with Crippen LogP contribution in [0.1, 0.15) is 15.2 Å². The topological polar surface area (TPSA) is 92.5 Å². The third kappa shape index (κ3) is 2.29. The molecule has 0 unspecified atom stereocenters. The molecule has 2 aromatic rings. The zero-order valence-electron chi connectivity index (χ0n) is 11.2. The Balaban J connectivity index is 2.54. The number of rotatable bonds is 3. The van der Waals surface area contributed by atoms with Crippen LogP contribution in [-0.4, -0.2) is 45.0 Å². The molecule has 8 heteroatoms. The van der Waals surface area contributed by atoms with Crippen molar-refractivity contribution in [3.8, 4) is 0 Å². The van der Waals surface area contributed by atoms with E-state index in [0.29, 0.717) is 20.7 Å². The Bertz CT molecular complexity index is 762. The number of hydrogen-bond donors (Lipinski definition) is 1. The summed E-state index contributed by atoms with van der Waals surface area (Å²) in [6.07, 6.45) is 1.40. The molecule has 0 bridgehead atoms. The first kappa shape index (κ1) is 14.2. The maximum atomic E-state index is 12.2. The lowest BCUT2D eigenvalue weighted by molar-refractivity contribution is -0.137. The Morgan fingerprint density at radius 1 is 1.50 bits per heavy atom. The number of amides is 1. The second kappa shape index (κ2) is 5.04. The molecular formula is C12H13N3O4S. The van der Waals surface area contributed by atoms with Gasteiger partial charge in [0.2, 0.25) is 0 Å². The third-order valence-corrected chi connectivity index (χ3v) is 4.11. The van der Waals surface area contributed by atoms with Gasteiger partial charge in [0.25, 0.3) is 11.5 Å². The van der Waals surface area contributed by atoms with Gasteiger partial charge in [0.05, 0.1) is 16.6 Å². The monoisotopic (exact) mass is 295 g/mol. The Kier molecular flexibility index (Phi) is 3.58. The Morgan fingerprint density at radius 3 is 2.75 bits per heavy atom. The van der Waals surface area contributed by atoms with E-state index in [1.54, 1.807) is 14.0 Å². The van der Waals surface area contributed by atoms with E-state index >= 15 is 0 Å². The molecule has 0 aliphatic rings. The first-order valence-electron chi connectivity index (χ1n) is 5.75. The largest absolute Gasteiger partial charge is 0.480 e. The van der Waals surface area contributed by atoms with Crippen LogP contribution in [0.15, 0.2) is 11.1 Å². The summed E-state index contributed by atoms with van der Waals surface area (Å²) in [6, 6.07) is 0. The summed E-state index contributed by atoms with van der Waals surface area (Å²) in [5.74, 6) is -1.51. The van der Waals surface area contributed by atoms with Crippen molar-refractivity contribution in [1.82, 2.24) is 14.5 Å². The summed E-state index contributed by atoms with van der Waals surface area (Å²) in [5.41, 5.74) is 0.324. The molecule has 0 fully saturated rings. The van der Waals surface area contributed by atoms with E-state index in [1.165, 1.54) is 17.9 Å². The van der Waals surface area contributed by atoms with Crippen LogP contribution < -0.4 is 5.56 Å². The number of fused-ring (bicyclic) bond motifs is 1. The van der Waals surface area contributed by atoms with Gasteiger partial charge in [-0.05, 0) is 12.5 Å². The highest BCUT2D eigenvalue weighted by Crippen LogP contribution is 2.27. The molecule has 0 aromatic carbocycles. The van der Waals surface area contributed by atoms with Gasteiger partial charge in [-0.1, -0.05) is 0 Å². The molecule has 20 heavy (non-hydrogen) atoms. The predicted octanol–water partition coefficient (Wildman–Crippen LogP) is 0.460. The van der Waals surface area contributed by atoms with Crippen LogP contribution in [0.5, 0.6) is 0 Å². The molecule has 0 saturated heterocycles. The van der Waals surface area contributed by atoms with Crippen molar-refractivity contribution in [2.45, 2.75) is 6.92 Å². The van der Waals surface area contributed by atoms with Gasteiger partial charge < -0.3 is 14.6 Å². The van der Waals surface area contributed by atoms with Gasteiger partial charge in [-0.3, -0.25) is 14.4 Å². The minimum absolute atomic E-state index is 0.219. The molecule has 0 aliphatic heterocycles. The molecular weight excluding hydrogens is 282 g/mol. The SMILES string of the molecule is Cc1c(C(=O)N(C)CC(=O)O)sc2ncn(C)c(=O)c12. The smallest absolute Gasteiger partial charge is 0.323 e. The lowest BCUT2D eigenvalue weighted by Crippen LogP contribution is -2.31. The number of aryl methyl sites for hydroxylation is 2. The number of carboxylic acids is 1. The predicted molar refractivity (Wildman–Crippen MR) is 74.2 cm³/mol. The maximum Gasteiger partial charge on any atom is 0.323 e. The second-order valence-electron chi connectivity index (χ2n) is 4.45. The summed E-state index contributed by atoms with van der Waals surface area (Å²) in [6.45, 7) is 1.28. The van der Waals surface area contributed by atoms with Crippen LogP contribution in [-0.2, 0) is 11.8 Å². The van der Waals surface area contributed by atoms with Crippen molar-refractivity contribution in [3.05, 3.63) is 27.1 Å². The summed E-state index contributed by atoms with van der Waals surface area (Å²) < 4.78 is 1.34. The van der Waals surface area contributed by atoms with Crippen LogP contribution in [0.4, 0.5) is 0 Å². The molecule has 2 aromatic heterocycles. The summed E-state index contributed by atoms with van der Waals surface area (Å²) >= 11 is 1.10. The standard InChI is InChI=1S/C12H13N3O4S/c1-6-8-10(13-5-15(3)11(8)18)20-9(6)12(19)14(2)4-7(16)17/h5H,4H2,1-3H3,(H,16,17). The molecule has 7 nitrogen and oxygen atoms in total. The van der Waals surface area contributed by atoms with Crippen molar-refractivity contribution in [1.29, 1.82) is 0 Å². The molecule has 0 radical (unpaired) electrons. The number of carboxylic acid groups (broad SMARTS) is 1. The van der Waals surface area contributed by atoms with Crippen molar-refractivity contribution in [2.24, 2.45) is 7.05 Å². The molecule has 106 valence electrons. The van der Waals surface area contributed by atoms with Gasteiger partial charge in [-0.15, -0.1) is 11.3 Å². The Hall–Kier alpha value is -2.22. The van der Waals surface area contributed by atoms with E-state index in [-0.39, 0.29) is 5.56 Å². The fraction of sp³-hybridized carbons (Fsp3) is 0.333. The first-order chi connectivity index (χ1) is 9.32. The zero-order valence-corrected chi connectivity index (χ0v) is 12.0. The van der Waals surface area contributed by atoms with Crippen molar-refractivity contribution in [2.75, 3.05) is 13.6 Å². The molecule has 0 spiro atoms. The molecule has 1 amide bonds. The normalized spacial score (nSPS) is 10.8. The number of likely N-dealkylation sites (N-methyl/N-ethyl adjacent to an activating group) is 1. The number of carbonyl (C=O) groups excluding carboxylic acids is 1. The van der Waals surface area contributed by atoms with Crippen LogP contribution in [0.2, 0.25) is 0 Å². The zero-order chi connectivity index (χ0) is 15.0. The van der Waals surface area contributed by atoms with E-state index < -0.39 is 18.4 Å². The minimum atomic E-state index is -1.09. The van der Waals surface area contributed by atoms with Gasteiger partial charge in [0.15, 0.2) is 0 Å². The fourth-order valence-electron chi connectivity index (χ4n) is 1.86. The number of nitrogens with zero attached hydrogens (tertiary/aromatic N) is 3. The molecule has 1 N–H and O–H groups in total. The lowest BCUT2D eigenvalue weighted by atomic mass is 10.2. The Morgan fingerprint density at radius 2 is 2.15 bits per heavy atom. The van der Waals surface area contributed by atoms with E-state index in [2.05, 4.69) is 4.98 Å². The lowest BCUT2D eigenvalue weighted by Gasteiger charge is -2.13. The van der Waals surface area contributed by atoms with Gasteiger partial charge in [-0.2, -0.15) is 0 Å².